The molecule has 1 heterocycles. The lowest BCUT2D eigenvalue weighted by molar-refractivity contribution is -0.133. The summed E-state index contributed by atoms with van der Waals surface area (Å²) in [7, 11) is 3.08. The predicted octanol–water partition coefficient (Wildman–Crippen LogP) is 5.15. The van der Waals surface area contributed by atoms with E-state index in [9.17, 15) is 9.59 Å². The highest BCUT2D eigenvalue weighted by molar-refractivity contribution is 7.10. The Morgan fingerprint density at radius 3 is 2.32 bits per heavy atom. The quantitative estimate of drug-likeness (QED) is 0.381. The lowest BCUT2D eigenvalue weighted by atomic mass is 10.1. The summed E-state index contributed by atoms with van der Waals surface area (Å²) in [5.74, 6) is 0.702. The van der Waals surface area contributed by atoms with Crippen LogP contribution in [0, 0.1) is 6.92 Å². The SMILES string of the molecule is CCCN(CC(=O)N(Cc1ccccc1)Cc1sccc1C)C(=O)c1ccc(OC)cc1OC. The number of ether oxygens (including phenoxy) is 2. The van der Waals surface area contributed by atoms with Gasteiger partial charge in [0.15, 0.2) is 0 Å². The maximum Gasteiger partial charge on any atom is 0.258 e. The van der Waals surface area contributed by atoms with Crippen molar-refractivity contribution in [2.45, 2.75) is 33.4 Å². The van der Waals surface area contributed by atoms with Crippen molar-refractivity contribution in [3.8, 4) is 11.5 Å². The summed E-state index contributed by atoms with van der Waals surface area (Å²) < 4.78 is 10.7. The van der Waals surface area contributed by atoms with Gasteiger partial charge < -0.3 is 19.3 Å². The molecule has 0 fully saturated rings. The van der Waals surface area contributed by atoms with Crippen LogP contribution in [-0.2, 0) is 17.9 Å². The number of carbonyl (C=O) groups is 2. The second-order valence-electron chi connectivity index (χ2n) is 8.06. The van der Waals surface area contributed by atoms with Gasteiger partial charge >= 0.3 is 0 Å². The van der Waals surface area contributed by atoms with Crippen molar-refractivity contribution in [3.05, 3.63) is 81.5 Å². The molecule has 2 amide bonds. The third-order valence-electron chi connectivity index (χ3n) is 5.62. The molecule has 0 radical (unpaired) electrons. The minimum Gasteiger partial charge on any atom is -0.497 e. The molecule has 0 unspecified atom stereocenters. The van der Waals surface area contributed by atoms with Crippen LogP contribution in [0.2, 0.25) is 0 Å². The van der Waals surface area contributed by atoms with E-state index in [4.69, 9.17) is 9.47 Å². The van der Waals surface area contributed by atoms with Crippen LogP contribution in [-0.4, -0.2) is 48.9 Å². The number of thiophene rings is 1. The minimum absolute atomic E-state index is 0.000880. The van der Waals surface area contributed by atoms with E-state index in [-0.39, 0.29) is 18.4 Å². The van der Waals surface area contributed by atoms with E-state index in [2.05, 4.69) is 13.0 Å². The summed E-state index contributed by atoms with van der Waals surface area (Å²) in [6, 6.07) is 17.1. The molecule has 0 N–H and O–H groups in total. The average Bonchev–Trinajstić information content (AvgIpc) is 3.27. The van der Waals surface area contributed by atoms with Gasteiger partial charge in [0.25, 0.3) is 5.91 Å². The fourth-order valence-electron chi connectivity index (χ4n) is 3.71. The van der Waals surface area contributed by atoms with Crippen LogP contribution < -0.4 is 9.47 Å². The van der Waals surface area contributed by atoms with Crippen molar-refractivity contribution in [3.63, 3.8) is 0 Å². The van der Waals surface area contributed by atoms with E-state index in [0.29, 0.717) is 36.7 Å². The lowest BCUT2D eigenvalue weighted by Crippen LogP contribution is -2.42. The van der Waals surface area contributed by atoms with Gasteiger partial charge in [0.05, 0.1) is 26.3 Å². The van der Waals surface area contributed by atoms with Gasteiger partial charge in [-0.05, 0) is 48.1 Å². The summed E-state index contributed by atoms with van der Waals surface area (Å²) in [4.78, 5) is 31.6. The summed E-state index contributed by atoms with van der Waals surface area (Å²) in [6.07, 6.45) is 0.736. The van der Waals surface area contributed by atoms with Crippen LogP contribution >= 0.6 is 11.3 Å². The minimum atomic E-state index is -0.235. The van der Waals surface area contributed by atoms with Crippen molar-refractivity contribution in [1.29, 1.82) is 0 Å². The van der Waals surface area contributed by atoms with Crippen molar-refractivity contribution in [1.82, 2.24) is 9.80 Å². The second kappa shape index (κ2) is 12.2. The van der Waals surface area contributed by atoms with E-state index in [1.54, 1.807) is 41.5 Å². The molecule has 6 nitrogen and oxygen atoms in total. The van der Waals surface area contributed by atoms with Gasteiger partial charge in [-0.1, -0.05) is 37.3 Å². The summed E-state index contributed by atoms with van der Waals surface area (Å²) in [5.41, 5.74) is 2.63. The monoisotopic (exact) mass is 480 g/mol. The van der Waals surface area contributed by atoms with E-state index >= 15 is 0 Å². The van der Waals surface area contributed by atoms with Gasteiger partial charge in [-0.2, -0.15) is 0 Å². The highest BCUT2D eigenvalue weighted by Crippen LogP contribution is 2.26. The molecule has 0 aliphatic heterocycles. The molecule has 1 aromatic heterocycles. The molecular formula is C27H32N2O4S. The zero-order chi connectivity index (χ0) is 24.5. The van der Waals surface area contributed by atoms with E-state index in [1.807, 2.05) is 47.5 Å². The first-order valence-electron chi connectivity index (χ1n) is 11.3. The number of nitrogens with zero attached hydrogens (tertiary/aromatic N) is 2. The highest BCUT2D eigenvalue weighted by Gasteiger charge is 2.25. The number of hydrogen-bond donors (Lipinski definition) is 0. The van der Waals surface area contributed by atoms with E-state index in [1.165, 1.54) is 12.7 Å². The van der Waals surface area contributed by atoms with Gasteiger partial charge in [-0.25, -0.2) is 0 Å². The maximum absolute atomic E-state index is 13.5. The Balaban J connectivity index is 1.84. The van der Waals surface area contributed by atoms with Crippen LogP contribution in [0.15, 0.2) is 60.0 Å². The molecule has 0 aliphatic carbocycles. The molecule has 3 rings (SSSR count). The van der Waals surface area contributed by atoms with Crippen molar-refractivity contribution in [2.24, 2.45) is 0 Å². The van der Waals surface area contributed by atoms with E-state index in [0.717, 1.165) is 16.9 Å². The average molecular weight is 481 g/mol. The second-order valence-corrected chi connectivity index (χ2v) is 9.06. The maximum atomic E-state index is 13.5. The Morgan fingerprint density at radius 1 is 0.941 bits per heavy atom. The molecule has 0 saturated carbocycles. The largest absolute Gasteiger partial charge is 0.497 e. The fraction of sp³-hybridized carbons (Fsp3) is 0.333. The van der Waals surface area contributed by atoms with Crippen molar-refractivity contribution in [2.75, 3.05) is 27.3 Å². The first-order chi connectivity index (χ1) is 16.5. The van der Waals surface area contributed by atoms with Crippen LogP contribution in [0.5, 0.6) is 11.5 Å². The molecule has 2 aromatic carbocycles. The number of hydrogen-bond acceptors (Lipinski definition) is 5. The van der Waals surface area contributed by atoms with Crippen LogP contribution in [0.3, 0.4) is 0 Å². The molecule has 3 aromatic rings. The zero-order valence-corrected chi connectivity index (χ0v) is 21.1. The molecule has 0 aliphatic rings. The Kier molecular flexibility index (Phi) is 9.10. The van der Waals surface area contributed by atoms with Gasteiger partial charge in [0.2, 0.25) is 5.91 Å². The lowest BCUT2D eigenvalue weighted by Gasteiger charge is -2.28. The molecular weight excluding hydrogens is 448 g/mol. The summed E-state index contributed by atoms with van der Waals surface area (Å²) in [5, 5.41) is 2.04. The Hall–Kier alpha value is -3.32. The first-order valence-corrected chi connectivity index (χ1v) is 12.2. The molecule has 34 heavy (non-hydrogen) atoms. The summed E-state index contributed by atoms with van der Waals surface area (Å²) in [6.45, 7) is 5.51. The molecule has 0 bridgehead atoms. The topological polar surface area (TPSA) is 59.1 Å². The smallest absolute Gasteiger partial charge is 0.258 e. The normalized spacial score (nSPS) is 10.6. The first kappa shape index (κ1) is 25.3. The number of aryl methyl sites for hydroxylation is 1. The molecule has 7 heteroatoms. The van der Waals surface area contributed by atoms with Crippen LogP contribution in [0.4, 0.5) is 0 Å². The Labute approximate surface area is 205 Å². The van der Waals surface area contributed by atoms with E-state index < -0.39 is 0 Å². The van der Waals surface area contributed by atoms with Gasteiger partial charge in [-0.3, -0.25) is 9.59 Å². The third-order valence-corrected chi connectivity index (χ3v) is 6.63. The zero-order valence-electron chi connectivity index (χ0n) is 20.2. The molecule has 0 atom stereocenters. The van der Waals surface area contributed by atoms with Crippen LogP contribution in [0.25, 0.3) is 0 Å². The molecule has 180 valence electrons. The standard InChI is InChI=1S/C27H32N2O4S/c1-5-14-28(27(31)23-12-11-22(32-3)16-24(23)33-4)19-26(30)29(17-21-9-7-6-8-10-21)18-25-20(2)13-15-34-25/h6-13,15-16H,5,14,17-19H2,1-4H3. The molecule has 0 spiro atoms. The Morgan fingerprint density at radius 2 is 1.71 bits per heavy atom. The summed E-state index contributed by atoms with van der Waals surface area (Å²) >= 11 is 1.64. The van der Waals surface area contributed by atoms with Gasteiger partial charge in [0.1, 0.15) is 18.0 Å². The highest BCUT2D eigenvalue weighted by atomic mass is 32.1. The number of amides is 2. The number of benzene rings is 2. The number of methoxy groups -OCH3 is 2. The number of carbonyl (C=O) groups excluding carboxylic acids is 2. The fourth-order valence-corrected chi connectivity index (χ4v) is 4.63. The van der Waals surface area contributed by atoms with Gasteiger partial charge in [0, 0.05) is 24.0 Å². The third kappa shape index (κ3) is 6.38. The van der Waals surface area contributed by atoms with Gasteiger partial charge in [-0.15, -0.1) is 11.3 Å². The predicted molar refractivity (Wildman–Crippen MR) is 135 cm³/mol. The molecule has 0 saturated heterocycles. The Bertz CT molecular complexity index is 1100. The number of rotatable bonds is 11. The van der Waals surface area contributed by atoms with Crippen molar-refractivity contribution >= 4 is 23.2 Å². The van der Waals surface area contributed by atoms with Crippen molar-refractivity contribution < 1.29 is 19.1 Å². The van der Waals surface area contributed by atoms with Crippen LogP contribution in [0.1, 0.15) is 39.7 Å².